The summed E-state index contributed by atoms with van der Waals surface area (Å²) in [5, 5.41) is 1.43. The van der Waals surface area contributed by atoms with Crippen molar-refractivity contribution in [3.63, 3.8) is 0 Å². The fourth-order valence-electron chi connectivity index (χ4n) is 4.03. The van der Waals surface area contributed by atoms with Crippen LogP contribution in [0.3, 0.4) is 0 Å². The van der Waals surface area contributed by atoms with Crippen LogP contribution in [0.1, 0.15) is 42.7 Å². The largest absolute Gasteiger partial charge is 0.348 e. The summed E-state index contributed by atoms with van der Waals surface area (Å²) >= 11 is 0. The van der Waals surface area contributed by atoms with Crippen molar-refractivity contribution < 1.29 is 18.3 Å². The van der Waals surface area contributed by atoms with Gasteiger partial charge in [0, 0.05) is 16.9 Å². The summed E-state index contributed by atoms with van der Waals surface area (Å²) in [6.07, 6.45) is 7.16. The Morgan fingerprint density at radius 2 is 1.71 bits per heavy atom. The van der Waals surface area contributed by atoms with Gasteiger partial charge in [-0.25, -0.2) is 8.78 Å². The van der Waals surface area contributed by atoms with Crippen LogP contribution in [0.25, 0.3) is 10.8 Å². The van der Waals surface area contributed by atoms with Crippen LogP contribution in [-0.4, -0.2) is 13.2 Å². The number of allylic oxidation sites excluding steroid dienone is 2. The molecule has 31 heavy (non-hydrogen) atoms. The molecular formula is C27H28F2O2. The zero-order chi connectivity index (χ0) is 21.6. The first-order chi connectivity index (χ1) is 15.1. The number of benzene rings is 3. The van der Waals surface area contributed by atoms with Gasteiger partial charge in [0.25, 0.3) is 0 Å². The third-order valence-electron chi connectivity index (χ3n) is 5.87. The maximum absolute atomic E-state index is 15.1. The predicted molar refractivity (Wildman–Crippen MR) is 120 cm³/mol. The number of ether oxygens (including phenoxy) is 2. The monoisotopic (exact) mass is 422 g/mol. The van der Waals surface area contributed by atoms with Gasteiger partial charge >= 0.3 is 0 Å². The van der Waals surface area contributed by atoms with Crippen LogP contribution >= 0.6 is 0 Å². The van der Waals surface area contributed by atoms with Gasteiger partial charge in [0.05, 0.1) is 13.2 Å². The van der Waals surface area contributed by atoms with Gasteiger partial charge in [0.2, 0.25) is 0 Å². The van der Waals surface area contributed by atoms with Gasteiger partial charge in [0.15, 0.2) is 6.29 Å². The zero-order valence-corrected chi connectivity index (χ0v) is 17.8. The van der Waals surface area contributed by atoms with Crippen LogP contribution in [0.15, 0.2) is 66.7 Å². The average molecular weight is 423 g/mol. The first-order valence-electron chi connectivity index (χ1n) is 10.9. The van der Waals surface area contributed by atoms with Crippen molar-refractivity contribution >= 4 is 10.8 Å². The lowest BCUT2D eigenvalue weighted by molar-refractivity contribution is -0.205. The van der Waals surface area contributed by atoms with Crippen molar-refractivity contribution in [2.24, 2.45) is 5.92 Å². The first-order valence-corrected chi connectivity index (χ1v) is 10.9. The molecule has 0 saturated carbocycles. The molecule has 1 aliphatic heterocycles. The molecule has 0 atom stereocenters. The van der Waals surface area contributed by atoms with E-state index in [1.165, 1.54) is 12.1 Å². The highest BCUT2D eigenvalue weighted by atomic mass is 19.1. The van der Waals surface area contributed by atoms with Crippen LogP contribution in [0, 0.1) is 17.6 Å². The van der Waals surface area contributed by atoms with E-state index in [1.54, 1.807) is 12.1 Å². The van der Waals surface area contributed by atoms with E-state index in [9.17, 15) is 4.39 Å². The maximum Gasteiger partial charge on any atom is 0.183 e. The molecule has 4 heteroatoms. The van der Waals surface area contributed by atoms with Crippen molar-refractivity contribution in [2.75, 3.05) is 13.2 Å². The van der Waals surface area contributed by atoms with E-state index in [2.05, 4.69) is 12.2 Å². The quantitative estimate of drug-likeness (QED) is 0.385. The van der Waals surface area contributed by atoms with Gasteiger partial charge in [-0.1, -0.05) is 48.6 Å². The third kappa shape index (κ3) is 5.38. The van der Waals surface area contributed by atoms with Gasteiger partial charge < -0.3 is 9.47 Å². The van der Waals surface area contributed by atoms with Crippen molar-refractivity contribution in [1.29, 1.82) is 0 Å². The molecule has 4 rings (SSSR count). The third-order valence-corrected chi connectivity index (χ3v) is 5.87. The van der Waals surface area contributed by atoms with Gasteiger partial charge in [-0.3, -0.25) is 0 Å². The molecule has 0 spiro atoms. The Bertz CT molecular complexity index is 1040. The highest BCUT2D eigenvalue weighted by Crippen LogP contribution is 2.30. The Hall–Kier alpha value is -2.56. The van der Waals surface area contributed by atoms with Crippen LogP contribution < -0.4 is 0 Å². The molecule has 162 valence electrons. The SMILES string of the molecule is C/C=C/CCC1COC(c2ccc3c(F)c(CCc4ccc(F)cc4)ccc3c2)OC1. The summed E-state index contributed by atoms with van der Waals surface area (Å²) in [7, 11) is 0. The zero-order valence-electron chi connectivity index (χ0n) is 17.8. The summed E-state index contributed by atoms with van der Waals surface area (Å²) in [6.45, 7) is 3.38. The number of halogens is 2. The summed E-state index contributed by atoms with van der Waals surface area (Å²) in [5.41, 5.74) is 2.57. The number of fused-ring (bicyclic) bond motifs is 1. The second-order valence-electron chi connectivity index (χ2n) is 8.16. The van der Waals surface area contributed by atoms with Crippen molar-refractivity contribution in [3.05, 3.63) is 95.1 Å². The van der Waals surface area contributed by atoms with E-state index in [-0.39, 0.29) is 11.6 Å². The van der Waals surface area contributed by atoms with E-state index in [1.807, 2.05) is 37.3 Å². The molecule has 0 N–H and O–H groups in total. The molecule has 1 aliphatic rings. The number of rotatable bonds is 7. The summed E-state index contributed by atoms with van der Waals surface area (Å²) in [4.78, 5) is 0. The molecule has 3 aromatic rings. The van der Waals surface area contributed by atoms with Crippen LogP contribution in [0.5, 0.6) is 0 Å². The Labute approximate surface area is 182 Å². The molecule has 0 radical (unpaired) electrons. The normalized spacial score (nSPS) is 19.3. The fourth-order valence-corrected chi connectivity index (χ4v) is 4.03. The maximum atomic E-state index is 15.1. The molecule has 1 saturated heterocycles. The molecule has 1 heterocycles. The molecule has 0 amide bonds. The Morgan fingerprint density at radius 3 is 2.45 bits per heavy atom. The van der Waals surface area contributed by atoms with Crippen LogP contribution in [0.4, 0.5) is 8.78 Å². The predicted octanol–water partition coefficient (Wildman–Crippen LogP) is 6.92. The highest BCUT2D eigenvalue weighted by Gasteiger charge is 2.23. The summed E-state index contributed by atoms with van der Waals surface area (Å²) in [6, 6.07) is 15.8. The molecular weight excluding hydrogens is 394 g/mol. The van der Waals surface area contributed by atoms with Gasteiger partial charge in [-0.15, -0.1) is 0 Å². The summed E-state index contributed by atoms with van der Waals surface area (Å²) < 4.78 is 40.0. The lowest BCUT2D eigenvalue weighted by atomic mass is 9.98. The topological polar surface area (TPSA) is 18.5 Å². The lowest BCUT2D eigenvalue weighted by Crippen LogP contribution is -2.27. The average Bonchev–Trinajstić information content (AvgIpc) is 2.80. The standard InChI is InChI=1S/C27H28F2O2/c1-2-3-4-5-20-17-30-27(31-18-20)23-12-15-25-22(16-23)11-10-21(26(25)29)9-6-19-7-13-24(28)14-8-19/h2-3,7-8,10-16,20,27H,4-6,9,17-18H2,1H3/b3-2+. The molecule has 0 unspecified atom stereocenters. The first kappa shape index (κ1) is 21.7. The Balaban J connectivity index is 1.42. The van der Waals surface area contributed by atoms with Gasteiger partial charge in [0.1, 0.15) is 11.6 Å². The molecule has 1 fully saturated rings. The number of hydrogen-bond donors (Lipinski definition) is 0. The molecule has 3 aromatic carbocycles. The summed E-state index contributed by atoms with van der Waals surface area (Å²) in [5.74, 6) is -0.0405. The smallest absolute Gasteiger partial charge is 0.183 e. The Kier molecular flexibility index (Phi) is 7.10. The molecule has 2 nitrogen and oxygen atoms in total. The minimum atomic E-state index is -0.399. The fraction of sp³-hybridized carbons (Fsp3) is 0.333. The molecule has 0 aromatic heterocycles. The Morgan fingerprint density at radius 1 is 0.935 bits per heavy atom. The van der Waals surface area contributed by atoms with Crippen LogP contribution in [0.2, 0.25) is 0 Å². The van der Waals surface area contributed by atoms with E-state index in [0.717, 1.165) is 29.4 Å². The minimum Gasteiger partial charge on any atom is -0.348 e. The van der Waals surface area contributed by atoms with Crippen molar-refractivity contribution in [1.82, 2.24) is 0 Å². The second kappa shape index (κ2) is 10.2. The second-order valence-corrected chi connectivity index (χ2v) is 8.16. The van der Waals surface area contributed by atoms with Crippen LogP contribution in [-0.2, 0) is 22.3 Å². The molecule has 0 bridgehead atoms. The number of aryl methyl sites for hydroxylation is 2. The van der Waals surface area contributed by atoms with Crippen molar-refractivity contribution in [2.45, 2.75) is 38.9 Å². The number of hydrogen-bond acceptors (Lipinski definition) is 2. The van der Waals surface area contributed by atoms with Gasteiger partial charge in [-0.2, -0.15) is 0 Å². The highest BCUT2D eigenvalue weighted by molar-refractivity contribution is 5.84. The van der Waals surface area contributed by atoms with E-state index in [0.29, 0.717) is 42.9 Å². The lowest BCUT2D eigenvalue weighted by Gasteiger charge is -2.29. The van der Waals surface area contributed by atoms with Crippen molar-refractivity contribution in [3.8, 4) is 0 Å². The van der Waals surface area contributed by atoms with E-state index in [4.69, 9.17) is 9.47 Å². The van der Waals surface area contributed by atoms with Gasteiger partial charge in [-0.05, 0) is 67.3 Å². The van der Waals surface area contributed by atoms with E-state index >= 15 is 4.39 Å². The molecule has 0 aliphatic carbocycles. The van der Waals surface area contributed by atoms with E-state index < -0.39 is 6.29 Å². The minimum absolute atomic E-state index is 0.194.